The minimum atomic E-state index is -0.316. The van der Waals surface area contributed by atoms with Crippen LogP contribution in [0.1, 0.15) is 49.9 Å². The summed E-state index contributed by atoms with van der Waals surface area (Å²) in [6, 6.07) is 3.60. The molecule has 2 rings (SSSR count). The van der Waals surface area contributed by atoms with Crippen molar-refractivity contribution >= 4 is 11.8 Å². The third kappa shape index (κ3) is 3.00. The van der Waals surface area contributed by atoms with Crippen molar-refractivity contribution < 1.29 is 9.53 Å². The molecule has 1 aliphatic rings. The Balaban J connectivity index is 2.01. The molecule has 98 valence electrons. The maximum Gasteiger partial charge on any atom is 0.339 e. The number of rotatable bonds is 4. The summed E-state index contributed by atoms with van der Waals surface area (Å²) >= 11 is 0. The van der Waals surface area contributed by atoms with Crippen LogP contribution < -0.4 is 5.32 Å². The van der Waals surface area contributed by atoms with Crippen molar-refractivity contribution in [3.05, 3.63) is 23.9 Å². The van der Waals surface area contributed by atoms with Crippen molar-refractivity contribution in [3.8, 4) is 0 Å². The van der Waals surface area contributed by atoms with Gasteiger partial charge in [0.15, 0.2) is 0 Å². The summed E-state index contributed by atoms with van der Waals surface area (Å²) in [6.07, 6.45) is 6.45. The fourth-order valence-corrected chi connectivity index (χ4v) is 2.39. The second kappa shape index (κ2) is 5.38. The quantitative estimate of drug-likeness (QED) is 0.832. The highest BCUT2D eigenvalue weighted by Gasteiger charge is 2.28. The maximum absolute atomic E-state index is 11.5. The molecule has 4 heteroatoms. The third-order valence-electron chi connectivity index (χ3n) is 3.41. The van der Waals surface area contributed by atoms with Crippen molar-refractivity contribution in [1.29, 1.82) is 0 Å². The Hall–Kier alpha value is -1.58. The van der Waals surface area contributed by atoms with Crippen LogP contribution >= 0.6 is 0 Å². The predicted octanol–water partition coefficient (Wildman–Crippen LogP) is 3.00. The number of hydrogen-bond donors (Lipinski definition) is 1. The maximum atomic E-state index is 11.5. The number of hydrogen-bond acceptors (Lipinski definition) is 4. The van der Waals surface area contributed by atoms with Gasteiger partial charge in [-0.05, 0) is 38.8 Å². The number of ether oxygens (including phenoxy) is 1. The van der Waals surface area contributed by atoms with Crippen LogP contribution in [0.3, 0.4) is 0 Å². The van der Waals surface area contributed by atoms with Crippen LogP contribution in [0.15, 0.2) is 18.3 Å². The highest BCUT2D eigenvalue weighted by molar-refractivity contribution is 5.89. The second-order valence-corrected chi connectivity index (χ2v) is 5.05. The normalized spacial score (nSPS) is 17.4. The molecule has 0 atom stereocenters. The van der Waals surface area contributed by atoms with Crippen LogP contribution in [0.5, 0.6) is 0 Å². The summed E-state index contributed by atoms with van der Waals surface area (Å²) in [5.41, 5.74) is 0.650. The molecule has 1 heterocycles. The first-order valence-electron chi connectivity index (χ1n) is 6.54. The lowest BCUT2D eigenvalue weighted by Crippen LogP contribution is -2.31. The standard InChI is InChI=1S/C14H20N2O2/c1-3-18-13(17)11-6-7-12(15-10-11)16-14(2)8-4-5-9-14/h6-7,10H,3-5,8-9H2,1-2H3,(H,15,16). The largest absolute Gasteiger partial charge is 0.462 e. The van der Waals surface area contributed by atoms with Gasteiger partial charge in [0.1, 0.15) is 5.82 Å². The van der Waals surface area contributed by atoms with Gasteiger partial charge in [0.05, 0.1) is 12.2 Å². The number of carbonyl (C=O) groups is 1. The number of anilines is 1. The lowest BCUT2D eigenvalue weighted by molar-refractivity contribution is 0.0526. The number of aromatic nitrogens is 1. The lowest BCUT2D eigenvalue weighted by Gasteiger charge is -2.25. The average molecular weight is 248 g/mol. The van der Waals surface area contributed by atoms with Crippen molar-refractivity contribution in [1.82, 2.24) is 4.98 Å². The molecule has 1 N–H and O–H groups in total. The topological polar surface area (TPSA) is 51.2 Å². The molecule has 0 radical (unpaired) electrons. The summed E-state index contributed by atoms with van der Waals surface area (Å²) in [6.45, 7) is 4.40. The summed E-state index contributed by atoms with van der Waals surface area (Å²) in [7, 11) is 0. The van der Waals surface area contributed by atoms with E-state index in [-0.39, 0.29) is 11.5 Å². The van der Waals surface area contributed by atoms with E-state index in [1.807, 2.05) is 6.07 Å². The van der Waals surface area contributed by atoms with Gasteiger partial charge >= 0.3 is 5.97 Å². The van der Waals surface area contributed by atoms with E-state index in [2.05, 4.69) is 17.2 Å². The van der Waals surface area contributed by atoms with E-state index in [9.17, 15) is 4.79 Å². The Kier molecular flexibility index (Phi) is 3.84. The van der Waals surface area contributed by atoms with Gasteiger partial charge in [-0.3, -0.25) is 0 Å². The Morgan fingerprint density at radius 3 is 2.72 bits per heavy atom. The Morgan fingerprint density at radius 1 is 1.44 bits per heavy atom. The molecule has 0 unspecified atom stereocenters. The summed E-state index contributed by atoms with van der Waals surface area (Å²) < 4.78 is 4.92. The van der Waals surface area contributed by atoms with Crippen LogP contribution in [0, 0.1) is 0 Å². The second-order valence-electron chi connectivity index (χ2n) is 5.05. The van der Waals surface area contributed by atoms with E-state index in [1.165, 1.54) is 25.7 Å². The molecule has 0 aromatic carbocycles. The average Bonchev–Trinajstić information content (AvgIpc) is 2.77. The van der Waals surface area contributed by atoms with Gasteiger partial charge in [-0.1, -0.05) is 12.8 Å². The number of carbonyl (C=O) groups excluding carboxylic acids is 1. The van der Waals surface area contributed by atoms with Gasteiger partial charge in [0.2, 0.25) is 0 Å². The molecule has 0 amide bonds. The van der Waals surface area contributed by atoms with Crippen molar-refractivity contribution in [2.24, 2.45) is 0 Å². The highest BCUT2D eigenvalue weighted by atomic mass is 16.5. The fraction of sp³-hybridized carbons (Fsp3) is 0.571. The first-order chi connectivity index (χ1) is 8.63. The minimum Gasteiger partial charge on any atom is -0.462 e. The molecular weight excluding hydrogens is 228 g/mol. The first kappa shape index (κ1) is 12.9. The van der Waals surface area contributed by atoms with E-state index in [0.29, 0.717) is 12.2 Å². The minimum absolute atomic E-state index is 0.151. The molecule has 4 nitrogen and oxygen atoms in total. The van der Waals surface area contributed by atoms with Gasteiger partial charge in [0, 0.05) is 11.7 Å². The molecule has 0 aliphatic heterocycles. The SMILES string of the molecule is CCOC(=O)c1ccc(NC2(C)CCCC2)nc1. The van der Waals surface area contributed by atoms with Gasteiger partial charge in [0.25, 0.3) is 0 Å². The molecular formula is C14H20N2O2. The molecule has 18 heavy (non-hydrogen) atoms. The Labute approximate surface area is 108 Å². The van der Waals surface area contributed by atoms with Crippen LogP contribution in [-0.4, -0.2) is 23.1 Å². The lowest BCUT2D eigenvalue weighted by atomic mass is 10.0. The molecule has 0 saturated heterocycles. The molecule has 1 aliphatic carbocycles. The Morgan fingerprint density at radius 2 is 2.17 bits per heavy atom. The van der Waals surface area contributed by atoms with Crippen molar-refractivity contribution in [3.63, 3.8) is 0 Å². The van der Waals surface area contributed by atoms with Gasteiger partial charge in [-0.2, -0.15) is 0 Å². The summed E-state index contributed by atoms with van der Waals surface area (Å²) in [5.74, 6) is 0.510. The van der Waals surface area contributed by atoms with E-state index in [4.69, 9.17) is 4.74 Å². The van der Waals surface area contributed by atoms with Crippen LogP contribution in [0.2, 0.25) is 0 Å². The van der Waals surface area contributed by atoms with Crippen LogP contribution in [0.4, 0.5) is 5.82 Å². The monoisotopic (exact) mass is 248 g/mol. The van der Waals surface area contributed by atoms with Gasteiger partial charge < -0.3 is 10.1 Å². The number of esters is 1. The zero-order valence-electron chi connectivity index (χ0n) is 11.0. The molecule has 0 spiro atoms. The highest BCUT2D eigenvalue weighted by Crippen LogP contribution is 2.31. The number of nitrogens with zero attached hydrogens (tertiary/aromatic N) is 1. The molecule has 1 fully saturated rings. The molecule has 1 saturated carbocycles. The van der Waals surface area contributed by atoms with E-state index in [0.717, 1.165) is 5.82 Å². The van der Waals surface area contributed by atoms with Gasteiger partial charge in [-0.25, -0.2) is 9.78 Å². The van der Waals surface area contributed by atoms with E-state index in [1.54, 1.807) is 19.2 Å². The van der Waals surface area contributed by atoms with Crippen molar-refractivity contribution in [2.75, 3.05) is 11.9 Å². The zero-order valence-corrected chi connectivity index (χ0v) is 11.0. The predicted molar refractivity (Wildman–Crippen MR) is 70.7 cm³/mol. The van der Waals surface area contributed by atoms with Crippen molar-refractivity contribution in [2.45, 2.75) is 45.1 Å². The molecule has 0 bridgehead atoms. The third-order valence-corrected chi connectivity index (χ3v) is 3.41. The number of pyridine rings is 1. The van der Waals surface area contributed by atoms with Crippen LogP contribution in [-0.2, 0) is 4.74 Å². The smallest absolute Gasteiger partial charge is 0.339 e. The van der Waals surface area contributed by atoms with Crippen LogP contribution in [0.25, 0.3) is 0 Å². The zero-order chi connectivity index (χ0) is 13.0. The summed E-state index contributed by atoms with van der Waals surface area (Å²) in [5, 5.41) is 3.45. The Bertz CT molecular complexity index is 408. The fourth-order valence-electron chi connectivity index (χ4n) is 2.39. The van der Waals surface area contributed by atoms with E-state index < -0.39 is 0 Å². The first-order valence-corrected chi connectivity index (χ1v) is 6.54. The van der Waals surface area contributed by atoms with E-state index >= 15 is 0 Å². The summed E-state index contributed by atoms with van der Waals surface area (Å²) in [4.78, 5) is 15.8. The molecule has 1 aromatic heterocycles. The number of nitrogens with one attached hydrogen (secondary N) is 1. The molecule has 1 aromatic rings. The van der Waals surface area contributed by atoms with Gasteiger partial charge in [-0.15, -0.1) is 0 Å².